The zero-order valence-electron chi connectivity index (χ0n) is 11.8. The zero-order chi connectivity index (χ0) is 16.0. The highest BCUT2D eigenvalue weighted by molar-refractivity contribution is 5.78. The number of amides is 1. The Morgan fingerprint density at radius 2 is 2.05 bits per heavy atom. The summed E-state index contributed by atoms with van der Waals surface area (Å²) in [5.74, 6) is -3.63. The van der Waals surface area contributed by atoms with Crippen LogP contribution in [0.5, 0.6) is 0 Å². The third kappa shape index (κ3) is 5.91. The van der Waals surface area contributed by atoms with Crippen molar-refractivity contribution in [3.05, 3.63) is 0 Å². The molecule has 1 aliphatic rings. The number of nitrogens with one attached hydrogen (secondary N) is 1. The summed E-state index contributed by atoms with van der Waals surface area (Å²) in [4.78, 5) is 22.4. The van der Waals surface area contributed by atoms with Crippen molar-refractivity contribution in [2.75, 3.05) is 13.7 Å². The second kappa shape index (κ2) is 7.63. The van der Waals surface area contributed by atoms with Gasteiger partial charge in [0, 0.05) is 19.6 Å². The molecule has 1 fully saturated rings. The van der Waals surface area contributed by atoms with E-state index in [1.165, 1.54) is 7.11 Å². The maximum absolute atomic E-state index is 12.7. The lowest BCUT2D eigenvalue weighted by molar-refractivity contribution is -0.186. The summed E-state index contributed by atoms with van der Waals surface area (Å²) in [6.45, 7) is -0.0190. The summed E-state index contributed by atoms with van der Waals surface area (Å²) in [6, 6.07) is 0. The van der Waals surface area contributed by atoms with Gasteiger partial charge in [0.05, 0.1) is 18.4 Å². The van der Waals surface area contributed by atoms with Gasteiger partial charge >= 0.3 is 12.1 Å². The number of ether oxygens (including phenoxy) is 1. The van der Waals surface area contributed by atoms with Crippen LogP contribution in [0.4, 0.5) is 13.2 Å². The first-order valence-electron chi connectivity index (χ1n) is 6.83. The molecule has 122 valence electrons. The van der Waals surface area contributed by atoms with E-state index >= 15 is 0 Å². The van der Waals surface area contributed by atoms with Gasteiger partial charge in [-0.1, -0.05) is 6.42 Å². The number of hydrogen-bond acceptors (Lipinski definition) is 3. The zero-order valence-corrected chi connectivity index (χ0v) is 11.8. The Balaban J connectivity index is 2.46. The van der Waals surface area contributed by atoms with E-state index in [1.54, 1.807) is 0 Å². The largest absolute Gasteiger partial charge is 0.481 e. The quantitative estimate of drug-likeness (QED) is 0.786. The van der Waals surface area contributed by atoms with Crippen molar-refractivity contribution in [3.8, 4) is 0 Å². The molecule has 0 bridgehead atoms. The molecule has 8 heteroatoms. The van der Waals surface area contributed by atoms with Crippen molar-refractivity contribution >= 4 is 11.9 Å². The molecule has 1 amide bonds. The van der Waals surface area contributed by atoms with Crippen molar-refractivity contribution in [3.63, 3.8) is 0 Å². The topological polar surface area (TPSA) is 75.6 Å². The standard InChI is InChI=1S/C13H20F3NO4/c1-21-10(6-11(18)19)7-17-12(20)8-3-2-4-9(5-8)13(14,15)16/h8-10H,2-7H2,1H3,(H,17,20)(H,18,19). The van der Waals surface area contributed by atoms with Crippen molar-refractivity contribution in [2.45, 2.75) is 44.4 Å². The van der Waals surface area contributed by atoms with Crippen LogP contribution in [0.2, 0.25) is 0 Å². The molecule has 0 heterocycles. The summed E-state index contributed by atoms with van der Waals surface area (Å²) in [6.07, 6.45) is -4.57. The fraction of sp³-hybridized carbons (Fsp3) is 0.846. The van der Waals surface area contributed by atoms with E-state index in [-0.39, 0.29) is 25.8 Å². The second-order valence-corrected chi connectivity index (χ2v) is 5.30. The van der Waals surface area contributed by atoms with Gasteiger partial charge in [-0.05, 0) is 19.3 Å². The summed E-state index contributed by atoms with van der Waals surface area (Å²) in [5.41, 5.74) is 0. The predicted octanol–water partition coefficient (Wildman–Crippen LogP) is 1.96. The van der Waals surface area contributed by atoms with Crippen LogP contribution in [-0.4, -0.2) is 42.9 Å². The average molecular weight is 311 g/mol. The maximum Gasteiger partial charge on any atom is 0.391 e. The number of rotatable bonds is 6. The van der Waals surface area contributed by atoms with Crippen LogP contribution in [0, 0.1) is 11.8 Å². The number of alkyl halides is 3. The average Bonchev–Trinajstić information content (AvgIpc) is 2.41. The van der Waals surface area contributed by atoms with E-state index in [4.69, 9.17) is 9.84 Å². The Bertz CT molecular complexity index is 373. The van der Waals surface area contributed by atoms with E-state index < -0.39 is 36.0 Å². The molecular weight excluding hydrogens is 291 g/mol. The number of aliphatic carboxylic acids is 1. The summed E-state index contributed by atoms with van der Waals surface area (Å²) >= 11 is 0. The molecule has 5 nitrogen and oxygen atoms in total. The van der Waals surface area contributed by atoms with E-state index in [0.717, 1.165) is 0 Å². The Morgan fingerprint density at radius 3 is 2.57 bits per heavy atom. The number of carbonyl (C=O) groups excluding carboxylic acids is 1. The van der Waals surface area contributed by atoms with Gasteiger partial charge in [-0.3, -0.25) is 9.59 Å². The van der Waals surface area contributed by atoms with Crippen LogP contribution in [0.1, 0.15) is 32.1 Å². The molecule has 2 N–H and O–H groups in total. The minimum Gasteiger partial charge on any atom is -0.481 e. The molecule has 1 aliphatic carbocycles. The van der Waals surface area contributed by atoms with Crippen molar-refractivity contribution in [1.29, 1.82) is 0 Å². The second-order valence-electron chi connectivity index (χ2n) is 5.30. The highest BCUT2D eigenvalue weighted by Crippen LogP contribution is 2.39. The molecule has 21 heavy (non-hydrogen) atoms. The van der Waals surface area contributed by atoms with Gasteiger partial charge in [-0.25, -0.2) is 0 Å². The Labute approximate surface area is 120 Å². The summed E-state index contributed by atoms with van der Waals surface area (Å²) < 4.78 is 42.9. The van der Waals surface area contributed by atoms with Gasteiger partial charge in [-0.15, -0.1) is 0 Å². The third-order valence-corrected chi connectivity index (χ3v) is 3.75. The van der Waals surface area contributed by atoms with Crippen LogP contribution in [0.15, 0.2) is 0 Å². The van der Waals surface area contributed by atoms with E-state index in [2.05, 4.69) is 5.32 Å². The first-order valence-corrected chi connectivity index (χ1v) is 6.83. The summed E-state index contributed by atoms with van der Waals surface area (Å²) in [5, 5.41) is 11.1. The molecule has 0 saturated heterocycles. The number of carbonyl (C=O) groups is 2. The lowest BCUT2D eigenvalue weighted by Crippen LogP contribution is -2.41. The highest BCUT2D eigenvalue weighted by atomic mass is 19.4. The Kier molecular flexibility index (Phi) is 6.44. The fourth-order valence-electron chi connectivity index (χ4n) is 2.52. The molecule has 0 aromatic heterocycles. The molecule has 0 aromatic carbocycles. The predicted molar refractivity (Wildman–Crippen MR) is 67.6 cm³/mol. The molecule has 3 unspecified atom stereocenters. The summed E-state index contributed by atoms with van der Waals surface area (Å²) in [7, 11) is 1.32. The van der Waals surface area contributed by atoms with Crippen molar-refractivity contribution in [1.82, 2.24) is 5.32 Å². The van der Waals surface area contributed by atoms with Gasteiger partial charge < -0.3 is 15.2 Å². The molecule has 0 aromatic rings. The van der Waals surface area contributed by atoms with Crippen LogP contribution in [0.3, 0.4) is 0 Å². The maximum atomic E-state index is 12.7. The number of carboxylic acids is 1. The highest BCUT2D eigenvalue weighted by Gasteiger charge is 2.43. The number of halogens is 3. The number of hydrogen-bond donors (Lipinski definition) is 2. The Morgan fingerprint density at radius 1 is 1.38 bits per heavy atom. The van der Waals surface area contributed by atoms with Crippen LogP contribution in [-0.2, 0) is 14.3 Å². The monoisotopic (exact) mass is 311 g/mol. The SMILES string of the molecule is COC(CNC(=O)C1CCCC(C(F)(F)F)C1)CC(=O)O. The van der Waals surface area contributed by atoms with Crippen LogP contribution >= 0.6 is 0 Å². The molecular formula is C13H20F3NO4. The van der Waals surface area contributed by atoms with E-state index in [9.17, 15) is 22.8 Å². The minimum atomic E-state index is -4.27. The Hall–Kier alpha value is -1.31. The molecule has 3 atom stereocenters. The third-order valence-electron chi connectivity index (χ3n) is 3.75. The molecule has 0 aliphatic heterocycles. The van der Waals surface area contributed by atoms with Crippen LogP contribution < -0.4 is 5.32 Å². The van der Waals surface area contributed by atoms with Gasteiger partial charge in [0.15, 0.2) is 0 Å². The van der Waals surface area contributed by atoms with E-state index in [1.807, 2.05) is 0 Å². The van der Waals surface area contributed by atoms with Gasteiger partial charge in [-0.2, -0.15) is 13.2 Å². The first-order chi connectivity index (χ1) is 9.74. The molecule has 1 saturated carbocycles. The number of carboxylic acid groups (broad SMARTS) is 1. The smallest absolute Gasteiger partial charge is 0.391 e. The normalized spacial score (nSPS) is 24.4. The minimum absolute atomic E-state index is 0.0190. The fourth-order valence-corrected chi connectivity index (χ4v) is 2.52. The van der Waals surface area contributed by atoms with Crippen molar-refractivity contribution in [2.24, 2.45) is 11.8 Å². The first kappa shape index (κ1) is 17.7. The van der Waals surface area contributed by atoms with Crippen LogP contribution in [0.25, 0.3) is 0 Å². The lowest BCUT2D eigenvalue weighted by Gasteiger charge is -2.30. The molecule has 1 rings (SSSR count). The van der Waals surface area contributed by atoms with Gasteiger partial charge in [0.25, 0.3) is 0 Å². The number of methoxy groups -OCH3 is 1. The van der Waals surface area contributed by atoms with Crippen molar-refractivity contribution < 1.29 is 32.6 Å². The van der Waals surface area contributed by atoms with E-state index in [0.29, 0.717) is 12.8 Å². The van der Waals surface area contributed by atoms with Gasteiger partial charge in [0.1, 0.15) is 0 Å². The molecule has 0 radical (unpaired) electrons. The molecule has 0 spiro atoms. The lowest BCUT2D eigenvalue weighted by atomic mass is 9.80. The van der Waals surface area contributed by atoms with Gasteiger partial charge in [0.2, 0.25) is 5.91 Å².